The summed E-state index contributed by atoms with van der Waals surface area (Å²) in [5, 5.41) is 1.02. The van der Waals surface area contributed by atoms with E-state index in [0.717, 1.165) is 36.5 Å². The Hall–Kier alpha value is -0.810. The Labute approximate surface area is 107 Å². The molecule has 0 radical (unpaired) electrons. The van der Waals surface area contributed by atoms with Crippen LogP contribution in [0.2, 0.25) is 0 Å². The van der Waals surface area contributed by atoms with E-state index in [9.17, 15) is 0 Å². The minimum absolute atomic E-state index is 0.395. The Balaban J connectivity index is 2.05. The molecule has 0 saturated heterocycles. The molecule has 0 unspecified atom stereocenters. The highest BCUT2D eigenvalue weighted by atomic mass is 32.2. The lowest BCUT2D eigenvalue weighted by Crippen LogP contribution is -2.39. The van der Waals surface area contributed by atoms with Crippen molar-refractivity contribution in [3.8, 4) is 0 Å². The van der Waals surface area contributed by atoms with Gasteiger partial charge in [0.25, 0.3) is 0 Å². The minimum atomic E-state index is 0.395. The van der Waals surface area contributed by atoms with Gasteiger partial charge in [-0.25, -0.2) is 9.97 Å². The third kappa shape index (κ3) is 3.10. The molecule has 0 atom stereocenters. The van der Waals surface area contributed by atoms with Crippen LogP contribution in [0.3, 0.4) is 0 Å². The highest BCUT2D eigenvalue weighted by Crippen LogP contribution is 2.25. The van der Waals surface area contributed by atoms with Crippen LogP contribution >= 0.6 is 11.8 Å². The first kappa shape index (κ1) is 12.6. The van der Waals surface area contributed by atoms with Crippen molar-refractivity contribution in [3.63, 3.8) is 0 Å². The molecule has 1 fully saturated rings. The maximum absolute atomic E-state index is 5.93. The van der Waals surface area contributed by atoms with Crippen molar-refractivity contribution in [3.05, 3.63) is 12.4 Å². The van der Waals surface area contributed by atoms with Crippen molar-refractivity contribution in [1.29, 1.82) is 0 Å². The van der Waals surface area contributed by atoms with E-state index < -0.39 is 0 Å². The van der Waals surface area contributed by atoms with Crippen LogP contribution in [0.5, 0.6) is 0 Å². The number of nitrogens with zero attached hydrogens (tertiary/aromatic N) is 3. The molecule has 1 saturated carbocycles. The zero-order valence-corrected chi connectivity index (χ0v) is 11.3. The van der Waals surface area contributed by atoms with Crippen molar-refractivity contribution in [2.45, 2.75) is 42.8 Å². The van der Waals surface area contributed by atoms with E-state index in [1.165, 1.54) is 0 Å². The fraction of sp³-hybridized carbons (Fsp3) is 0.667. The lowest BCUT2D eigenvalue weighted by molar-refractivity contribution is 0.383. The Morgan fingerprint density at radius 2 is 2.00 bits per heavy atom. The van der Waals surface area contributed by atoms with Crippen molar-refractivity contribution in [1.82, 2.24) is 9.97 Å². The Bertz CT molecular complexity index is 363. The largest absolute Gasteiger partial charge is 0.357 e. The summed E-state index contributed by atoms with van der Waals surface area (Å²) in [7, 11) is 2.12. The summed E-state index contributed by atoms with van der Waals surface area (Å²) in [6, 6.07) is 3.02. The van der Waals surface area contributed by atoms with Gasteiger partial charge < -0.3 is 10.6 Å². The van der Waals surface area contributed by atoms with Gasteiger partial charge in [-0.3, -0.25) is 0 Å². The molecule has 1 aromatic heterocycles. The van der Waals surface area contributed by atoms with Crippen molar-refractivity contribution < 1.29 is 0 Å². The molecule has 0 amide bonds. The smallest absolute Gasteiger partial charge is 0.133 e. The molecule has 1 aromatic rings. The molecule has 4 nitrogen and oxygen atoms in total. The average molecular weight is 252 g/mol. The number of anilines is 1. The lowest BCUT2D eigenvalue weighted by Gasteiger charge is -2.34. The Morgan fingerprint density at radius 1 is 1.29 bits per heavy atom. The highest BCUT2D eigenvalue weighted by molar-refractivity contribution is 7.98. The van der Waals surface area contributed by atoms with Gasteiger partial charge in [-0.05, 0) is 31.9 Å². The number of hydrogen-bond acceptors (Lipinski definition) is 5. The minimum Gasteiger partial charge on any atom is -0.357 e. The summed E-state index contributed by atoms with van der Waals surface area (Å²) in [5.74, 6) is 1.02. The number of hydrogen-bond donors (Lipinski definition) is 1. The van der Waals surface area contributed by atoms with Crippen molar-refractivity contribution >= 4 is 17.6 Å². The molecule has 17 heavy (non-hydrogen) atoms. The second-order valence-corrected chi connectivity index (χ2v) is 5.42. The zero-order chi connectivity index (χ0) is 12.3. The van der Waals surface area contributed by atoms with Gasteiger partial charge in [0.05, 0.1) is 0 Å². The first-order chi connectivity index (χ1) is 8.20. The maximum atomic E-state index is 5.93. The van der Waals surface area contributed by atoms with Gasteiger partial charge in [0.15, 0.2) is 0 Å². The van der Waals surface area contributed by atoms with E-state index >= 15 is 0 Å². The van der Waals surface area contributed by atoms with Gasteiger partial charge in [0.2, 0.25) is 0 Å². The van der Waals surface area contributed by atoms with Crippen LogP contribution < -0.4 is 10.6 Å². The summed E-state index contributed by atoms with van der Waals surface area (Å²) in [4.78, 5) is 10.8. The van der Waals surface area contributed by atoms with E-state index in [-0.39, 0.29) is 0 Å². The van der Waals surface area contributed by atoms with E-state index in [2.05, 4.69) is 28.0 Å². The molecule has 0 bridgehead atoms. The van der Waals surface area contributed by atoms with Crippen LogP contribution in [0, 0.1) is 0 Å². The van der Waals surface area contributed by atoms with E-state index in [4.69, 9.17) is 5.73 Å². The molecule has 1 aliphatic rings. The molecule has 0 aliphatic heterocycles. The fourth-order valence-electron chi connectivity index (χ4n) is 2.31. The summed E-state index contributed by atoms with van der Waals surface area (Å²) < 4.78 is 0. The van der Waals surface area contributed by atoms with Crippen LogP contribution in [0.25, 0.3) is 0 Å². The van der Waals surface area contributed by atoms with Gasteiger partial charge in [0, 0.05) is 25.2 Å². The van der Waals surface area contributed by atoms with Crippen LogP contribution in [-0.2, 0) is 0 Å². The first-order valence-electron chi connectivity index (χ1n) is 6.05. The summed E-state index contributed by atoms with van der Waals surface area (Å²) >= 11 is 1.65. The topological polar surface area (TPSA) is 55.0 Å². The normalized spacial score (nSPS) is 24.6. The number of thioether (sulfide) groups is 1. The monoisotopic (exact) mass is 252 g/mol. The third-order valence-electron chi connectivity index (χ3n) is 3.49. The van der Waals surface area contributed by atoms with Crippen molar-refractivity contribution in [2.24, 2.45) is 5.73 Å². The molecular formula is C12H20N4S. The average Bonchev–Trinajstić information content (AvgIpc) is 2.39. The quantitative estimate of drug-likeness (QED) is 0.658. The summed E-state index contributed by atoms with van der Waals surface area (Å²) in [6.45, 7) is 0. The van der Waals surface area contributed by atoms with Gasteiger partial charge >= 0.3 is 0 Å². The van der Waals surface area contributed by atoms with Crippen LogP contribution in [-0.4, -0.2) is 35.4 Å². The van der Waals surface area contributed by atoms with Gasteiger partial charge in [0.1, 0.15) is 17.2 Å². The second kappa shape index (κ2) is 5.69. The number of rotatable bonds is 3. The van der Waals surface area contributed by atoms with Crippen LogP contribution in [0.1, 0.15) is 25.7 Å². The molecule has 5 heteroatoms. The van der Waals surface area contributed by atoms with Crippen LogP contribution in [0.4, 0.5) is 5.82 Å². The first-order valence-corrected chi connectivity index (χ1v) is 7.27. The number of nitrogens with two attached hydrogens (primary N) is 1. The molecule has 0 aromatic carbocycles. The molecule has 2 rings (SSSR count). The molecule has 94 valence electrons. The number of aromatic nitrogens is 2. The molecular weight excluding hydrogens is 232 g/mol. The van der Waals surface area contributed by atoms with E-state index in [1.54, 1.807) is 18.1 Å². The second-order valence-electron chi connectivity index (χ2n) is 4.60. The molecule has 2 N–H and O–H groups in total. The standard InChI is InChI=1S/C12H20N4S/c1-16(10-5-3-9(13)4-6-10)11-7-12(17-2)15-8-14-11/h7-10H,3-6,13H2,1-2H3. The predicted molar refractivity (Wildman–Crippen MR) is 72.4 cm³/mol. The highest BCUT2D eigenvalue weighted by Gasteiger charge is 2.22. The molecule has 1 heterocycles. The molecule has 0 spiro atoms. The Morgan fingerprint density at radius 3 is 2.65 bits per heavy atom. The maximum Gasteiger partial charge on any atom is 0.133 e. The lowest BCUT2D eigenvalue weighted by atomic mass is 9.91. The zero-order valence-electron chi connectivity index (χ0n) is 10.5. The summed E-state index contributed by atoms with van der Waals surface area (Å²) in [6.07, 6.45) is 8.25. The Kier molecular flexibility index (Phi) is 4.23. The van der Waals surface area contributed by atoms with Crippen molar-refractivity contribution in [2.75, 3.05) is 18.2 Å². The third-order valence-corrected chi connectivity index (χ3v) is 4.13. The van der Waals surface area contributed by atoms with E-state index in [0.29, 0.717) is 12.1 Å². The van der Waals surface area contributed by atoms with Gasteiger partial charge in [-0.1, -0.05) is 0 Å². The molecule has 1 aliphatic carbocycles. The SMILES string of the molecule is CSc1cc(N(C)C2CCC(N)CC2)ncn1. The fourth-order valence-corrected chi connectivity index (χ4v) is 2.69. The predicted octanol–water partition coefficient (Wildman–Crippen LogP) is 1.90. The van der Waals surface area contributed by atoms with Gasteiger partial charge in [-0.2, -0.15) is 0 Å². The van der Waals surface area contributed by atoms with E-state index in [1.807, 2.05) is 6.26 Å². The van der Waals surface area contributed by atoms with Gasteiger partial charge in [-0.15, -0.1) is 11.8 Å². The van der Waals surface area contributed by atoms with Crippen LogP contribution in [0.15, 0.2) is 17.4 Å². The summed E-state index contributed by atoms with van der Waals surface area (Å²) in [5.41, 5.74) is 5.93.